The predicted molar refractivity (Wildman–Crippen MR) is 78.4 cm³/mol. The zero-order chi connectivity index (χ0) is 12.4. The zero-order valence-corrected chi connectivity index (χ0v) is 12.5. The first kappa shape index (κ1) is 13.2. The quantitative estimate of drug-likeness (QED) is 0.583. The first-order chi connectivity index (χ1) is 8.06. The first-order valence-corrected chi connectivity index (χ1v) is 6.87. The molecule has 0 aliphatic heterocycles. The van der Waals surface area contributed by atoms with Crippen LogP contribution in [0.1, 0.15) is 11.1 Å². The monoisotopic (exact) mass is 348 g/mol. The van der Waals surface area contributed by atoms with Gasteiger partial charge in [-0.3, -0.25) is 0 Å². The highest BCUT2D eigenvalue weighted by molar-refractivity contribution is 9.10. The predicted octanol–water partition coefficient (Wildman–Crippen LogP) is 6.00. The fourth-order valence-corrected chi connectivity index (χ4v) is 2.42. The SMILES string of the molecule is Clc1cc(Cl)c(Cc2ccc(Br)cc2)cc1Cl. The van der Waals surface area contributed by atoms with Crippen LogP contribution < -0.4 is 0 Å². The van der Waals surface area contributed by atoms with Crippen molar-refractivity contribution >= 4 is 50.7 Å². The van der Waals surface area contributed by atoms with E-state index in [0.29, 0.717) is 15.1 Å². The van der Waals surface area contributed by atoms with Crippen LogP contribution in [0.2, 0.25) is 15.1 Å². The summed E-state index contributed by atoms with van der Waals surface area (Å²) in [6, 6.07) is 11.6. The average Bonchev–Trinajstić information content (AvgIpc) is 2.29. The Morgan fingerprint density at radius 1 is 0.824 bits per heavy atom. The van der Waals surface area contributed by atoms with Gasteiger partial charge in [0.05, 0.1) is 10.0 Å². The van der Waals surface area contributed by atoms with Crippen molar-refractivity contribution in [3.8, 4) is 0 Å². The van der Waals surface area contributed by atoms with Crippen molar-refractivity contribution in [2.75, 3.05) is 0 Å². The maximum Gasteiger partial charge on any atom is 0.0607 e. The lowest BCUT2D eigenvalue weighted by Gasteiger charge is -2.07. The molecular formula is C13H8BrCl3. The molecule has 17 heavy (non-hydrogen) atoms. The standard InChI is InChI=1S/C13H8BrCl3/c14-10-3-1-8(2-4-10)5-9-6-12(16)13(17)7-11(9)15/h1-4,6-7H,5H2. The maximum absolute atomic E-state index is 6.13. The fraction of sp³-hybridized carbons (Fsp3) is 0.0769. The van der Waals surface area contributed by atoms with Crippen LogP contribution in [0.5, 0.6) is 0 Å². The molecule has 0 unspecified atom stereocenters. The second-order valence-electron chi connectivity index (χ2n) is 3.66. The van der Waals surface area contributed by atoms with Gasteiger partial charge in [-0.15, -0.1) is 0 Å². The van der Waals surface area contributed by atoms with E-state index in [9.17, 15) is 0 Å². The van der Waals surface area contributed by atoms with E-state index in [1.807, 2.05) is 30.3 Å². The molecule has 0 aliphatic carbocycles. The summed E-state index contributed by atoms with van der Waals surface area (Å²) in [7, 11) is 0. The summed E-state index contributed by atoms with van der Waals surface area (Å²) in [5.41, 5.74) is 2.15. The summed E-state index contributed by atoms with van der Waals surface area (Å²) in [5.74, 6) is 0. The first-order valence-electron chi connectivity index (χ1n) is 4.94. The van der Waals surface area contributed by atoms with Gasteiger partial charge in [-0.1, -0.05) is 62.9 Å². The lowest BCUT2D eigenvalue weighted by atomic mass is 10.1. The van der Waals surface area contributed by atoms with Gasteiger partial charge < -0.3 is 0 Å². The molecule has 0 saturated carbocycles. The average molecular weight is 350 g/mol. The largest absolute Gasteiger partial charge is 0.0840 e. The van der Waals surface area contributed by atoms with Gasteiger partial charge in [0.2, 0.25) is 0 Å². The Morgan fingerprint density at radius 3 is 2.06 bits per heavy atom. The minimum atomic E-state index is 0.483. The lowest BCUT2D eigenvalue weighted by Crippen LogP contribution is -1.90. The van der Waals surface area contributed by atoms with Crippen LogP contribution in [0.25, 0.3) is 0 Å². The smallest absolute Gasteiger partial charge is 0.0607 e. The number of halogens is 4. The van der Waals surface area contributed by atoms with Gasteiger partial charge in [-0.2, -0.15) is 0 Å². The molecule has 0 heterocycles. The molecule has 0 fully saturated rings. The summed E-state index contributed by atoms with van der Waals surface area (Å²) in [4.78, 5) is 0. The van der Waals surface area contributed by atoms with E-state index in [1.54, 1.807) is 6.07 Å². The molecule has 0 radical (unpaired) electrons. The number of benzene rings is 2. The van der Waals surface area contributed by atoms with Crippen LogP contribution in [0.15, 0.2) is 40.9 Å². The van der Waals surface area contributed by atoms with Crippen molar-refractivity contribution in [2.24, 2.45) is 0 Å². The van der Waals surface area contributed by atoms with E-state index >= 15 is 0 Å². The van der Waals surface area contributed by atoms with E-state index in [4.69, 9.17) is 34.8 Å². The van der Waals surface area contributed by atoms with Gasteiger partial charge in [0.25, 0.3) is 0 Å². The third-order valence-electron chi connectivity index (χ3n) is 2.40. The van der Waals surface area contributed by atoms with Gasteiger partial charge in [-0.05, 0) is 41.8 Å². The van der Waals surface area contributed by atoms with Crippen LogP contribution in [0.3, 0.4) is 0 Å². The van der Waals surface area contributed by atoms with Crippen LogP contribution in [-0.4, -0.2) is 0 Å². The molecule has 0 nitrogen and oxygen atoms in total. The normalized spacial score (nSPS) is 10.6. The van der Waals surface area contributed by atoms with Crippen molar-refractivity contribution < 1.29 is 0 Å². The Balaban J connectivity index is 2.30. The third-order valence-corrected chi connectivity index (χ3v) is 4.00. The van der Waals surface area contributed by atoms with Crippen molar-refractivity contribution in [1.82, 2.24) is 0 Å². The van der Waals surface area contributed by atoms with E-state index in [1.165, 1.54) is 5.56 Å². The Labute approximate surface area is 124 Å². The highest BCUT2D eigenvalue weighted by atomic mass is 79.9. The van der Waals surface area contributed by atoms with E-state index < -0.39 is 0 Å². The van der Waals surface area contributed by atoms with Crippen LogP contribution >= 0.6 is 50.7 Å². The van der Waals surface area contributed by atoms with Gasteiger partial charge in [0.1, 0.15) is 0 Å². The van der Waals surface area contributed by atoms with E-state index in [-0.39, 0.29) is 0 Å². The fourth-order valence-electron chi connectivity index (χ4n) is 1.52. The molecule has 0 aromatic heterocycles. The topological polar surface area (TPSA) is 0 Å². The van der Waals surface area contributed by atoms with Crippen LogP contribution in [0, 0.1) is 0 Å². The summed E-state index contributed by atoms with van der Waals surface area (Å²) in [6.45, 7) is 0. The minimum absolute atomic E-state index is 0.483. The Kier molecular flexibility index (Phi) is 4.37. The number of hydrogen-bond donors (Lipinski definition) is 0. The molecule has 2 aromatic rings. The van der Waals surface area contributed by atoms with Crippen molar-refractivity contribution in [3.63, 3.8) is 0 Å². The van der Waals surface area contributed by atoms with Crippen molar-refractivity contribution in [2.45, 2.75) is 6.42 Å². The summed E-state index contributed by atoms with van der Waals surface area (Å²) in [5, 5.41) is 1.65. The highest BCUT2D eigenvalue weighted by Gasteiger charge is 2.06. The maximum atomic E-state index is 6.13. The van der Waals surface area contributed by atoms with Crippen molar-refractivity contribution in [1.29, 1.82) is 0 Å². The second-order valence-corrected chi connectivity index (χ2v) is 5.80. The van der Waals surface area contributed by atoms with E-state index in [0.717, 1.165) is 16.5 Å². The summed E-state index contributed by atoms with van der Waals surface area (Å²) < 4.78 is 1.06. The van der Waals surface area contributed by atoms with Gasteiger partial charge in [-0.25, -0.2) is 0 Å². The Morgan fingerprint density at radius 2 is 1.41 bits per heavy atom. The van der Waals surface area contributed by atoms with Crippen molar-refractivity contribution in [3.05, 3.63) is 67.1 Å². The minimum Gasteiger partial charge on any atom is -0.0840 e. The summed E-state index contributed by atoms with van der Waals surface area (Å²) in [6.07, 6.45) is 0.739. The second kappa shape index (κ2) is 5.62. The Hall–Kier alpha value is -0.210. The summed E-state index contributed by atoms with van der Waals surface area (Å²) >= 11 is 21.4. The molecule has 0 bridgehead atoms. The molecule has 88 valence electrons. The van der Waals surface area contributed by atoms with Gasteiger partial charge in [0.15, 0.2) is 0 Å². The molecule has 0 spiro atoms. The molecular weight excluding hydrogens is 342 g/mol. The molecule has 0 N–H and O–H groups in total. The molecule has 0 saturated heterocycles. The van der Waals surface area contributed by atoms with Gasteiger partial charge >= 0.3 is 0 Å². The zero-order valence-electron chi connectivity index (χ0n) is 8.68. The lowest BCUT2D eigenvalue weighted by molar-refractivity contribution is 1.19. The van der Waals surface area contributed by atoms with E-state index in [2.05, 4.69) is 15.9 Å². The molecule has 2 aromatic carbocycles. The molecule has 0 atom stereocenters. The molecule has 0 aliphatic rings. The highest BCUT2D eigenvalue weighted by Crippen LogP contribution is 2.30. The molecule has 4 heteroatoms. The molecule has 0 amide bonds. The number of rotatable bonds is 2. The van der Waals surface area contributed by atoms with Crippen LogP contribution in [-0.2, 0) is 6.42 Å². The Bertz CT molecular complexity index is 535. The molecule has 2 rings (SSSR count). The number of hydrogen-bond acceptors (Lipinski definition) is 0. The third kappa shape index (κ3) is 3.38. The van der Waals surface area contributed by atoms with Gasteiger partial charge in [0, 0.05) is 9.50 Å². The van der Waals surface area contributed by atoms with Crippen LogP contribution in [0.4, 0.5) is 0 Å².